The Bertz CT molecular complexity index is 472. The molecular weight excluding hydrogens is 302 g/mol. The summed E-state index contributed by atoms with van der Waals surface area (Å²) in [5.74, 6) is 0.821. The molecule has 1 aromatic heterocycles. The Morgan fingerprint density at radius 2 is 2.12 bits per heavy atom. The molecule has 6 heteroatoms. The maximum atomic E-state index is 5.58. The maximum Gasteiger partial charge on any atom is 0.183 e. The lowest BCUT2D eigenvalue weighted by Crippen LogP contribution is -2.11. The number of ether oxygens (including phenoxy) is 1. The highest BCUT2D eigenvalue weighted by Gasteiger charge is 1.98. The average molecular weight is 314 g/mol. The van der Waals surface area contributed by atoms with Crippen molar-refractivity contribution < 1.29 is 4.74 Å². The Kier molecular flexibility index (Phi) is 4.22. The zero-order chi connectivity index (χ0) is 12.1. The molecule has 0 saturated carbocycles. The molecule has 0 bridgehead atoms. The molecule has 1 aromatic carbocycles. The first-order chi connectivity index (χ1) is 8.24. The largest absolute Gasteiger partial charge is 0.492 e. The molecule has 0 radical (unpaired) electrons. The molecule has 0 atom stereocenters. The van der Waals surface area contributed by atoms with Gasteiger partial charge in [0.15, 0.2) is 5.13 Å². The molecule has 0 amide bonds. The van der Waals surface area contributed by atoms with Crippen LogP contribution >= 0.6 is 27.3 Å². The van der Waals surface area contributed by atoms with Gasteiger partial charge in [-0.15, -0.1) is 11.3 Å². The first-order valence-electron chi connectivity index (χ1n) is 5.07. The molecule has 2 rings (SSSR count). The van der Waals surface area contributed by atoms with Gasteiger partial charge in [-0.25, -0.2) is 4.98 Å². The van der Waals surface area contributed by atoms with E-state index in [0.29, 0.717) is 13.2 Å². The van der Waals surface area contributed by atoms with Gasteiger partial charge in [-0.1, -0.05) is 0 Å². The summed E-state index contributed by atoms with van der Waals surface area (Å²) in [6, 6.07) is 7.35. The van der Waals surface area contributed by atoms with Crippen LogP contribution in [0.2, 0.25) is 0 Å². The molecule has 0 aliphatic heterocycles. The van der Waals surface area contributed by atoms with Crippen molar-refractivity contribution >= 4 is 38.1 Å². The summed E-state index contributed by atoms with van der Waals surface area (Å²) in [7, 11) is 0. The molecule has 0 aliphatic rings. The smallest absolute Gasteiger partial charge is 0.183 e. The van der Waals surface area contributed by atoms with E-state index in [1.54, 1.807) is 11.3 Å². The van der Waals surface area contributed by atoms with Gasteiger partial charge in [-0.3, -0.25) is 0 Å². The Morgan fingerprint density at radius 3 is 2.76 bits per heavy atom. The minimum atomic E-state index is 0.584. The lowest BCUT2D eigenvalue weighted by atomic mass is 10.3. The molecule has 0 unspecified atom stereocenters. The van der Waals surface area contributed by atoms with Crippen molar-refractivity contribution in [1.82, 2.24) is 4.98 Å². The molecule has 90 valence electrons. The van der Waals surface area contributed by atoms with Crippen LogP contribution in [-0.2, 0) is 0 Å². The molecule has 0 spiro atoms. The summed E-state index contributed by atoms with van der Waals surface area (Å²) in [6.45, 7) is 1.30. The molecule has 0 fully saturated rings. The third-order valence-corrected chi connectivity index (χ3v) is 3.51. The fourth-order valence-electron chi connectivity index (χ4n) is 1.23. The highest BCUT2D eigenvalue weighted by atomic mass is 79.9. The van der Waals surface area contributed by atoms with Crippen LogP contribution in [0.1, 0.15) is 0 Å². The molecule has 0 saturated heterocycles. The lowest BCUT2D eigenvalue weighted by molar-refractivity contribution is 0.333. The Hall–Kier alpha value is -1.27. The Balaban J connectivity index is 1.71. The van der Waals surface area contributed by atoms with E-state index in [1.165, 1.54) is 0 Å². The molecular formula is C11H12BrN3OS. The quantitative estimate of drug-likeness (QED) is 0.658. The first-order valence-corrected chi connectivity index (χ1v) is 6.74. The number of nitrogen functional groups attached to an aromatic ring is 1. The number of nitrogens with two attached hydrogens (primary N) is 1. The monoisotopic (exact) mass is 313 g/mol. The minimum Gasteiger partial charge on any atom is -0.492 e. The van der Waals surface area contributed by atoms with Crippen LogP contribution in [0.3, 0.4) is 0 Å². The highest BCUT2D eigenvalue weighted by molar-refractivity contribution is 9.10. The van der Waals surface area contributed by atoms with Crippen LogP contribution in [0.5, 0.6) is 5.75 Å². The lowest BCUT2D eigenvalue weighted by Gasteiger charge is -2.06. The van der Waals surface area contributed by atoms with Crippen molar-refractivity contribution in [2.75, 3.05) is 24.2 Å². The van der Waals surface area contributed by atoms with Crippen LogP contribution in [-0.4, -0.2) is 18.1 Å². The van der Waals surface area contributed by atoms with Crippen molar-refractivity contribution in [2.24, 2.45) is 0 Å². The summed E-state index contributed by atoms with van der Waals surface area (Å²) in [6.07, 6.45) is 0. The second-order valence-corrected chi connectivity index (χ2v) is 4.99. The Morgan fingerprint density at radius 1 is 1.35 bits per heavy atom. The number of rotatable bonds is 5. The van der Waals surface area contributed by atoms with E-state index in [0.717, 1.165) is 21.2 Å². The highest BCUT2D eigenvalue weighted by Crippen LogP contribution is 2.19. The molecule has 2 aromatic rings. The van der Waals surface area contributed by atoms with Gasteiger partial charge in [0.2, 0.25) is 0 Å². The summed E-state index contributed by atoms with van der Waals surface area (Å²) in [5.41, 5.74) is 6.32. The topological polar surface area (TPSA) is 60.2 Å². The van der Waals surface area contributed by atoms with E-state index in [4.69, 9.17) is 10.5 Å². The van der Waals surface area contributed by atoms with E-state index < -0.39 is 0 Å². The molecule has 3 N–H and O–H groups in total. The van der Waals surface area contributed by atoms with Crippen molar-refractivity contribution in [2.45, 2.75) is 0 Å². The zero-order valence-corrected chi connectivity index (χ0v) is 11.4. The first kappa shape index (κ1) is 12.2. The summed E-state index contributed by atoms with van der Waals surface area (Å²) in [5, 5.41) is 6.00. The van der Waals surface area contributed by atoms with Crippen LogP contribution in [0.25, 0.3) is 0 Å². The third kappa shape index (κ3) is 3.90. The number of nitrogens with one attached hydrogen (secondary N) is 1. The van der Waals surface area contributed by atoms with Crippen LogP contribution < -0.4 is 15.8 Å². The van der Waals surface area contributed by atoms with Crippen molar-refractivity contribution in [3.8, 4) is 5.75 Å². The predicted molar refractivity (Wildman–Crippen MR) is 74.7 cm³/mol. The second kappa shape index (κ2) is 5.88. The van der Waals surface area contributed by atoms with Gasteiger partial charge in [-0.05, 0) is 40.2 Å². The third-order valence-electron chi connectivity index (χ3n) is 2.00. The van der Waals surface area contributed by atoms with Gasteiger partial charge in [0, 0.05) is 11.1 Å². The maximum absolute atomic E-state index is 5.58. The van der Waals surface area contributed by atoms with E-state index in [9.17, 15) is 0 Å². The zero-order valence-electron chi connectivity index (χ0n) is 9.02. The summed E-state index contributed by atoms with van der Waals surface area (Å²) in [4.78, 5) is 4.22. The van der Waals surface area contributed by atoms with Gasteiger partial charge in [-0.2, -0.15) is 0 Å². The van der Waals surface area contributed by atoms with Gasteiger partial charge in [0.25, 0.3) is 0 Å². The van der Waals surface area contributed by atoms with Crippen LogP contribution in [0.4, 0.5) is 10.8 Å². The van der Waals surface area contributed by atoms with Gasteiger partial charge < -0.3 is 15.8 Å². The summed E-state index contributed by atoms with van der Waals surface area (Å²) >= 11 is 4.86. The number of nitrogens with zero attached hydrogens (tertiary/aromatic N) is 1. The number of aromatic nitrogens is 1. The van der Waals surface area contributed by atoms with Gasteiger partial charge >= 0.3 is 0 Å². The van der Waals surface area contributed by atoms with Crippen LogP contribution in [0, 0.1) is 0 Å². The van der Waals surface area contributed by atoms with Gasteiger partial charge in [0.05, 0.1) is 6.54 Å². The minimum absolute atomic E-state index is 0.584. The SMILES string of the molecule is Nc1ccc(OCCNc2nc(Br)cs2)cc1. The van der Waals surface area contributed by atoms with E-state index >= 15 is 0 Å². The van der Waals surface area contributed by atoms with Crippen LogP contribution in [0.15, 0.2) is 34.2 Å². The standard InChI is InChI=1S/C11H12BrN3OS/c12-10-7-17-11(15-10)14-5-6-16-9-3-1-8(13)2-4-9/h1-4,7H,5-6,13H2,(H,14,15). The van der Waals surface area contributed by atoms with E-state index in [1.807, 2.05) is 29.6 Å². The second-order valence-electron chi connectivity index (χ2n) is 3.32. The van der Waals surface area contributed by atoms with E-state index in [-0.39, 0.29) is 0 Å². The van der Waals surface area contributed by atoms with E-state index in [2.05, 4.69) is 26.2 Å². The average Bonchev–Trinajstić information content (AvgIpc) is 2.73. The van der Waals surface area contributed by atoms with Crippen molar-refractivity contribution in [3.05, 3.63) is 34.2 Å². The molecule has 17 heavy (non-hydrogen) atoms. The number of hydrogen-bond donors (Lipinski definition) is 2. The molecule has 0 aliphatic carbocycles. The number of halogens is 1. The number of anilines is 2. The normalized spacial score (nSPS) is 10.2. The predicted octanol–water partition coefficient (Wildman–Crippen LogP) is 2.98. The molecule has 4 nitrogen and oxygen atoms in total. The number of benzene rings is 1. The summed E-state index contributed by atoms with van der Waals surface area (Å²) < 4.78 is 6.39. The van der Waals surface area contributed by atoms with Crippen molar-refractivity contribution in [3.63, 3.8) is 0 Å². The fraction of sp³-hybridized carbons (Fsp3) is 0.182. The Labute approximate surface area is 112 Å². The molecule has 1 heterocycles. The van der Waals surface area contributed by atoms with Gasteiger partial charge in [0.1, 0.15) is 17.0 Å². The van der Waals surface area contributed by atoms with Crippen molar-refractivity contribution in [1.29, 1.82) is 0 Å². The number of thiazole rings is 1. The number of hydrogen-bond acceptors (Lipinski definition) is 5. The fourth-order valence-corrected chi connectivity index (χ4v) is 2.40.